The molecule has 100 valence electrons. The highest BCUT2D eigenvalue weighted by atomic mass is 32.1. The van der Waals surface area contributed by atoms with Crippen molar-refractivity contribution < 1.29 is 0 Å². The Morgan fingerprint density at radius 3 is 2.53 bits per heavy atom. The molecule has 0 atom stereocenters. The fourth-order valence-corrected chi connectivity index (χ4v) is 4.48. The maximum atomic E-state index is 2.36. The highest BCUT2D eigenvalue weighted by Gasteiger charge is 2.27. The van der Waals surface area contributed by atoms with Gasteiger partial charge in [-0.2, -0.15) is 0 Å². The average molecular weight is 270 g/mol. The third kappa shape index (κ3) is 2.14. The van der Waals surface area contributed by atoms with E-state index in [9.17, 15) is 0 Å². The first-order valence-corrected chi connectivity index (χ1v) is 8.01. The van der Waals surface area contributed by atoms with Gasteiger partial charge in [-0.05, 0) is 48.8 Å². The third-order valence-corrected chi connectivity index (χ3v) is 5.28. The molecule has 1 heterocycles. The Hall–Kier alpha value is -1.08. The number of allylic oxidation sites excluding steroid dienone is 2. The quantitative estimate of drug-likeness (QED) is 0.579. The van der Waals surface area contributed by atoms with Crippen LogP contribution in [0.25, 0.3) is 15.7 Å². The van der Waals surface area contributed by atoms with E-state index in [1.54, 1.807) is 16.7 Å². The number of hydrogen-bond donors (Lipinski definition) is 0. The molecule has 0 amide bonds. The van der Waals surface area contributed by atoms with Crippen molar-refractivity contribution in [2.75, 3.05) is 0 Å². The van der Waals surface area contributed by atoms with Gasteiger partial charge in [-0.25, -0.2) is 0 Å². The Morgan fingerprint density at radius 1 is 1.05 bits per heavy atom. The summed E-state index contributed by atoms with van der Waals surface area (Å²) in [6.45, 7) is 9.36. The summed E-state index contributed by atoms with van der Waals surface area (Å²) in [6.07, 6.45) is 3.86. The molecule has 0 nitrogen and oxygen atoms in total. The highest BCUT2D eigenvalue weighted by molar-refractivity contribution is 7.19. The predicted molar refractivity (Wildman–Crippen MR) is 86.8 cm³/mol. The molecule has 0 bridgehead atoms. The Kier molecular flexibility index (Phi) is 3.05. The molecule has 1 aromatic heterocycles. The van der Waals surface area contributed by atoms with Gasteiger partial charge in [0.15, 0.2) is 0 Å². The molecule has 0 spiro atoms. The summed E-state index contributed by atoms with van der Waals surface area (Å²) in [6, 6.07) is 8.86. The summed E-state index contributed by atoms with van der Waals surface area (Å²) in [5.74, 6) is 0. The fourth-order valence-electron chi connectivity index (χ4n) is 3.39. The molecule has 0 saturated heterocycles. The van der Waals surface area contributed by atoms with E-state index in [4.69, 9.17) is 0 Å². The molecule has 0 aliphatic heterocycles. The SMILES string of the molecule is Cc1sc2ccccc2c1C1=C(C(C)(C)C)CCC1. The fraction of sp³-hybridized carbons (Fsp3) is 0.444. The molecule has 0 saturated carbocycles. The number of fused-ring (bicyclic) bond motifs is 1. The minimum absolute atomic E-state index is 0.307. The summed E-state index contributed by atoms with van der Waals surface area (Å²) in [7, 11) is 0. The molecule has 2 aromatic rings. The minimum Gasteiger partial charge on any atom is -0.140 e. The second kappa shape index (κ2) is 4.49. The molecule has 1 aromatic carbocycles. The summed E-state index contributed by atoms with van der Waals surface area (Å²) >= 11 is 1.94. The van der Waals surface area contributed by atoms with Crippen LogP contribution < -0.4 is 0 Å². The lowest BCUT2D eigenvalue weighted by Gasteiger charge is -2.23. The van der Waals surface area contributed by atoms with Gasteiger partial charge >= 0.3 is 0 Å². The molecular weight excluding hydrogens is 248 g/mol. The van der Waals surface area contributed by atoms with Crippen LogP contribution in [0.4, 0.5) is 0 Å². The van der Waals surface area contributed by atoms with Crippen LogP contribution in [0.15, 0.2) is 29.8 Å². The van der Waals surface area contributed by atoms with Crippen molar-refractivity contribution in [2.45, 2.75) is 47.0 Å². The lowest BCUT2D eigenvalue weighted by atomic mass is 9.82. The number of aryl methyl sites for hydroxylation is 1. The molecule has 3 rings (SSSR count). The Bertz CT molecular complexity index is 650. The highest BCUT2D eigenvalue weighted by Crippen LogP contribution is 2.47. The standard InChI is InChI=1S/C18H22S/c1-12-17(14-8-5-6-11-16(14)19-12)13-9-7-10-15(13)18(2,3)4/h5-6,8,11H,7,9-10H2,1-4H3. The van der Waals surface area contributed by atoms with E-state index in [2.05, 4.69) is 52.0 Å². The molecule has 0 N–H and O–H groups in total. The maximum absolute atomic E-state index is 2.36. The van der Waals surface area contributed by atoms with Crippen LogP contribution in [0.2, 0.25) is 0 Å². The van der Waals surface area contributed by atoms with Gasteiger partial charge < -0.3 is 0 Å². The van der Waals surface area contributed by atoms with Crippen molar-refractivity contribution in [1.29, 1.82) is 0 Å². The topological polar surface area (TPSA) is 0 Å². The second-order valence-electron chi connectivity index (χ2n) is 6.59. The van der Waals surface area contributed by atoms with E-state index in [1.165, 1.54) is 34.2 Å². The van der Waals surface area contributed by atoms with Crippen LogP contribution in [0.3, 0.4) is 0 Å². The zero-order valence-electron chi connectivity index (χ0n) is 12.3. The summed E-state index contributed by atoms with van der Waals surface area (Å²) < 4.78 is 1.43. The molecule has 19 heavy (non-hydrogen) atoms. The van der Waals surface area contributed by atoms with Crippen LogP contribution in [-0.2, 0) is 0 Å². The summed E-state index contributed by atoms with van der Waals surface area (Å²) in [5.41, 5.74) is 5.17. The zero-order chi connectivity index (χ0) is 13.6. The zero-order valence-corrected chi connectivity index (χ0v) is 13.2. The predicted octanol–water partition coefficient (Wildman–Crippen LogP) is 6.19. The lowest BCUT2D eigenvalue weighted by Crippen LogP contribution is -2.09. The number of rotatable bonds is 1. The van der Waals surface area contributed by atoms with Crippen molar-refractivity contribution >= 4 is 27.0 Å². The van der Waals surface area contributed by atoms with Gasteiger partial charge in [-0.15, -0.1) is 11.3 Å². The molecule has 0 fully saturated rings. The Balaban J connectivity index is 2.27. The van der Waals surface area contributed by atoms with Gasteiger partial charge in [0.2, 0.25) is 0 Å². The largest absolute Gasteiger partial charge is 0.140 e. The molecule has 1 aliphatic rings. The van der Waals surface area contributed by atoms with Crippen LogP contribution in [0.5, 0.6) is 0 Å². The van der Waals surface area contributed by atoms with Crippen LogP contribution in [0.1, 0.15) is 50.5 Å². The minimum atomic E-state index is 0.307. The van der Waals surface area contributed by atoms with Crippen molar-refractivity contribution in [2.24, 2.45) is 5.41 Å². The second-order valence-corrected chi connectivity index (χ2v) is 7.85. The first-order valence-electron chi connectivity index (χ1n) is 7.19. The van der Waals surface area contributed by atoms with E-state index in [0.717, 1.165) is 0 Å². The van der Waals surface area contributed by atoms with Crippen molar-refractivity contribution in [3.05, 3.63) is 40.3 Å². The smallest absolute Gasteiger partial charge is 0.0351 e. The van der Waals surface area contributed by atoms with Crippen LogP contribution in [-0.4, -0.2) is 0 Å². The molecular formula is C18H22S. The van der Waals surface area contributed by atoms with E-state index in [-0.39, 0.29) is 0 Å². The van der Waals surface area contributed by atoms with Crippen LogP contribution in [0, 0.1) is 12.3 Å². The molecule has 0 radical (unpaired) electrons. The molecule has 1 aliphatic carbocycles. The van der Waals surface area contributed by atoms with Gasteiger partial charge in [-0.3, -0.25) is 0 Å². The number of thiophene rings is 1. The van der Waals surface area contributed by atoms with E-state index >= 15 is 0 Å². The van der Waals surface area contributed by atoms with Gasteiger partial charge in [-0.1, -0.05) is 44.5 Å². The van der Waals surface area contributed by atoms with Crippen molar-refractivity contribution in [3.8, 4) is 0 Å². The van der Waals surface area contributed by atoms with Crippen molar-refractivity contribution in [3.63, 3.8) is 0 Å². The van der Waals surface area contributed by atoms with E-state index < -0.39 is 0 Å². The van der Waals surface area contributed by atoms with E-state index in [1.807, 2.05) is 11.3 Å². The Morgan fingerprint density at radius 2 is 1.79 bits per heavy atom. The van der Waals surface area contributed by atoms with Crippen LogP contribution >= 0.6 is 11.3 Å². The number of hydrogen-bond acceptors (Lipinski definition) is 1. The first kappa shape index (κ1) is 12.9. The molecule has 1 heteroatoms. The van der Waals surface area contributed by atoms with Gasteiger partial charge in [0.05, 0.1) is 0 Å². The van der Waals surface area contributed by atoms with Gasteiger partial charge in [0, 0.05) is 15.0 Å². The summed E-state index contributed by atoms with van der Waals surface area (Å²) in [5, 5.41) is 1.46. The normalized spacial score (nSPS) is 16.6. The average Bonchev–Trinajstić information content (AvgIpc) is 2.90. The van der Waals surface area contributed by atoms with Gasteiger partial charge in [0.25, 0.3) is 0 Å². The first-order chi connectivity index (χ1) is 8.98. The van der Waals surface area contributed by atoms with Gasteiger partial charge in [0.1, 0.15) is 0 Å². The van der Waals surface area contributed by atoms with E-state index in [0.29, 0.717) is 5.41 Å². The number of benzene rings is 1. The monoisotopic (exact) mass is 270 g/mol. The third-order valence-electron chi connectivity index (χ3n) is 4.20. The summed E-state index contributed by atoms with van der Waals surface area (Å²) in [4.78, 5) is 1.49. The molecule has 0 unspecified atom stereocenters. The maximum Gasteiger partial charge on any atom is 0.0351 e. The van der Waals surface area contributed by atoms with Crippen molar-refractivity contribution in [1.82, 2.24) is 0 Å². The lowest BCUT2D eigenvalue weighted by molar-refractivity contribution is 0.491. The Labute approximate surface area is 120 Å².